The summed E-state index contributed by atoms with van der Waals surface area (Å²) < 4.78 is 2.08. The Kier molecular flexibility index (Phi) is 2.50. The highest BCUT2D eigenvalue weighted by Crippen LogP contribution is 2.12. The van der Waals surface area contributed by atoms with Gasteiger partial charge in [-0.2, -0.15) is 0 Å². The molecule has 2 aromatic rings. The highest BCUT2D eigenvalue weighted by molar-refractivity contribution is 5.49. The molecular weight excluding hydrogens is 200 g/mol. The Hall–Kier alpha value is -1.55. The smallest absolute Gasteiger partial charge is 0.138 e. The third-order valence-corrected chi connectivity index (χ3v) is 3.12. The van der Waals surface area contributed by atoms with Crippen LogP contribution < -0.4 is 10.6 Å². The van der Waals surface area contributed by atoms with Crippen molar-refractivity contribution in [3.63, 3.8) is 0 Å². The number of hydrogen-bond donors (Lipinski definition) is 2. The minimum Gasteiger partial charge on any atom is -0.370 e. The lowest BCUT2D eigenvalue weighted by atomic mass is 10.2. The van der Waals surface area contributed by atoms with E-state index in [-0.39, 0.29) is 0 Å². The van der Waals surface area contributed by atoms with Crippen molar-refractivity contribution in [2.24, 2.45) is 0 Å². The Morgan fingerprint density at radius 3 is 3.38 bits per heavy atom. The highest BCUT2D eigenvalue weighted by Gasteiger charge is 2.13. The fourth-order valence-electron chi connectivity index (χ4n) is 2.25. The van der Waals surface area contributed by atoms with Crippen molar-refractivity contribution in [2.45, 2.75) is 18.9 Å². The zero-order chi connectivity index (χ0) is 10.8. The summed E-state index contributed by atoms with van der Waals surface area (Å²) in [7, 11) is 0. The van der Waals surface area contributed by atoms with Gasteiger partial charge < -0.3 is 10.6 Å². The van der Waals surface area contributed by atoms with Crippen molar-refractivity contribution in [1.29, 1.82) is 0 Å². The maximum Gasteiger partial charge on any atom is 0.138 e. The molecule has 0 spiro atoms. The molecule has 2 aromatic heterocycles. The van der Waals surface area contributed by atoms with E-state index in [0.29, 0.717) is 6.04 Å². The predicted molar refractivity (Wildman–Crippen MR) is 64.7 cm³/mol. The number of anilines is 1. The Balaban J connectivity index is 1.75. The first-order valence-corrected chi connectivity index (χ1v) is 5.83. The van der Waals surface area contributed by atoms with Gasteiger partial charge in [-0.15, -0.1) is 0 Å². The van der Waals surface area contributed by atoms with Gasteiger partial charge in [-0.25, -0.2) is 4.98 Å². The van der Waals surface area contributed by atoms with Gasteiger partial charge in [0.1, 0.15) is 11.5 Å². The molecule has 1 fully saturated rings. The van der Waals surface area contributed by atoms with Gasteiger partial charge in [0.05, 0.1) is 0 Å². The second kappa shape index (κ2) is 4.14. The van der Waals surface area contributed by atoms with Crippen LogP contribution in [-0.2, 0) is 0 Å². The van der Waals surface area contributed by atoms with Crippen molar-refractivity contribution in [3.8, 4) is 0 Å². The van der Waals surface area contributed by atoms with Crippen LogP contribution in [0.3, 0.4) is 0 Å². The van der Waals surface area contributed by atoms with Crippen molar-refractivity contribution >= 4 is 11.5 Å². The lowest BCUT2D eigenvalue weighted by Crippen LogP contribution is -2.29. The molecule has 3 heterocycles. The van der Waals surface area contributed by atoms with Crippen molar-refractivity contribution in [1.82, 2.24) is 14.7 Å². The molecule has 1 aliphatic rings. The van der Waals surface area contributed by atoms with Gasteiger partial charge in [-0.3, -0.25) is 4.40 Å². The molecule has 1 atom stereocenters. The molecule has 1 aliphatic heterocycles. The van der Waals surface area contributed by atoms with E-state index in [2.05, 4.69) is 26.1 Å². The molecule has 1 saturated heterocycles. The highest BCUT2D eigenvalue weighted by atomic mass is 15.1. The molecule has 3 rings (SSSR count). The second-order valence-electron chi connectivity index (χ2n) is 4.24. The van der Waals surface area contributed by atoms with Gasteiger partial charge in [0.25, 0.3) is 0 Å². The summed E-state index contributed by atoms with van der Waals surface area (Å²) in [5, 5.41) is 6.96. The molecule has 0 aliphatic carbocycles. The van der Waals surface area contributed by atoms with E-state index in [1.54, 1.807) is 0 Å². The van der Waals surface area contributed by atoms with Gasteiger partial charge in [-0.1, -0.05) is 6.07 Å². The number of pyridine rings is 1. The SMILES string of the molecule is c1cc(NCC2CCCN2)n2ccnc2c1. The molecule has 0 radical (unpaired) electrons. The predicted octanol–water partition coefficient (Wildman–Crippen LogP) is 1.50. The van der Waals surface area contributed by atoms with E-state index < -0.39 is 0 Å². The van der Waals surface area contributed by atoms with Crippen LogP contribution in [0.4, 0.5) is 5.82 Å². The standard InChI is InChI=1S/C12H16N4/c1-4-11-14-7-8-16(11)12(5-1)15-9-10-3-2-6-13-10/h1,4-5,7-8,10,13,15H,2-3,6,9H2. The maximum absolute atomic E-state index is 4.27. The van der Waals surface area contributed by atoms with Crippen molar-refractivity contribution in [2.75, 3.05) is 18.4 Å². The van der Waals surface area contributed by atoms with E-state index >= 15 is 0 Å². The molecule has 0 saturated carbocycles. The topological polar surface area (TPSA) is 41.4 Å². The van der Waals surface area contributed by atoms with Crippen LogP contribution in [0.5, 0.6) is 0 Å². The molecule has 84 valence electrons. The molecule has 1 unspecified atom stereocenters. The number of imidazole rings is 1. The van der Waals surface area contributed by atoms with E-state index in [1.807, 2.05) is 24.5 Å². The number of rotatable bonds is 3. The largest absolute Gasteiger partial charge is 0.370 e. The van der Waals surface area contributed by atoms with E-state index in [4.69, 9.17) is 0 Å². The maximum atomic E-state index is 4.27. The Morgan fingerprint density at radius 2 is 2.50 bits per heavy atom. The first-order chi connectivity index (χ1) is 7.93. The number of hydrogen-bond acceptors (Lipinski definition) is 3. The van der Waals surface area contributed by atoms with Crippen molar-refractivity contribution < 1.29 is 0 Å². The van der Waals surface area contributed by atoms with Gasteiger partial charge >= 0.3 is 0 Å². The average Bonchev–Trinajstić information content (AvgIpc) is 2.97. The Labute approximate surface area is 94.7 Å². The first kappa shape index (κ1) is 9.66. The summed E-state index contributed by atoms with van der Waals surface area (Å²) in [6.45, 7) is 2.14. The van der Waals surface area contributed by atoms with Crippen molar-refractivity contribution in [3.05, 3.63) is 30.6 Å². The molecule has 16 heavy (non-hydrogen) atoms. The number of nitrogens with zero attached hydrogens (tertiary/aromatic N) is 2. The van der Waals surface area contributed by atoms with Crippen LogP contribution in [0, 0.1) is 0 Å². The minimum absolute atomic E-state index is 0.610. The number of aromatic nitrogens is 2. The fraction of sp³-hybridized carbons (Fsp3) is 0.417. The van der Waals surface area contributed by atoms with Crippen LogP contribution in [0.15, 0.2) is 30.6 Å². The van der Waals surface area contributed by atoms with Crippen LogP contribution in [0.1, 0.15) is 12.8 Å². The van der Waals surface area contributed by atoms with Crippen LogP contribution in [-0.4, -0.2) is 28.5 Å². The minimum atomic E-state index is 0.610. The summed E-state index contributed by atoms with van der Waals surface area (Å²) >= 11 is 0. The first-order valence-electron chi connectivity index (χ1n) is 5.83. The number of nitrogens with one attached hydrogen (secondary N) is 2. The molecule has 0 bridgehead atoms. The summed E-state index contributed by atoms with van der Waals surface area (Å²) in [6.07, 6.45) is 6.38. The molecule has 0 amide bonds. The zero-order valence-electron chi connectivity index (χ0n) is 9.19. The third kappa shape index (κ3) is 1.76. The van der Waals surface area contributed by atoms with Crippen LogP contribution >= 0.6 is 0 Å². The normalized spacial score (nSPS) is 20.4. The van der Waals surface area contributed by atoms with Gasteiger partial charge in [-0.05, 0) is 31.5 Å². The lowest BCUT2D eigenvalue weighted by molar-refractivity contribution is 0.632. The summed E-state index contributed by atoms with van der Waals surface area (Å²) in [5.41, 5.74) is 0.990. The fourth-order valence-corrected chi connectivity index (χ4v) is 2.25. The molecule has 0 aromatic carbocycles. The van der Waals surface area contributed by atoms with Crippen LogP contribution in [0.2, 0.25) is 0 Å². The third-order valence-electron chi connectivity index (χ3n) is 3.12. The quantitative estimate of drug-likeness (QED) is 0.817. The van der Waals surface area contributed by atoms with Gasteiger partial charge in [0, 0.05) is 25.0 Å². The average molecular weight is 216 g/mol. The van der Waals surface area contributed by atoms with Crippen LogP contribution in [0.25, 0.3) is 5.65 Å². The van der Waals surface area contributed by atoms with E-state index in [9.17, 15) is 0 Å². The zero-order valence-corrected chi connectivity index (χ0v) is 9.19. The number of fused-ring (bicyclic) bond motifs is 1. The lowest BCUT2D eigenvalue weighted by Gasteiger charge is -2.13. The van der Waals surface area contributed by atoms with Gasteiger partial charge in [0.2, 0.25) is 0 Å². The molecule has 4 nitrogen and oxygen atoms in total. The molecular formula is C12H16N4. The molecule has 2 N–H and O–H groups in total. The van der Waals surface area contributed by atoms with E-state index in [0.717, 1.165) is 24.6 Å². The molecule has 4 heteroatoms. The van der Waals surface area contributed by atoms with Gasteiger partial charge in [0.15, 0.2) is 0 Å². The summed E-state index contributed by atoms with van der Waals surface area (Å²) in [6, 6.07) is 6.74. The Bertz CT molecular complexity index is 471. The monoisotopic (exact) mass is 216 g/mol. The Morgan fingerprint density at radius 1 is 1.50 bits per heavy atom. The second-order valence-corrected chi connectivity index (χ2v) is 4.24. The summed E-state index contributed by atoms with van der Waals surface area (Å²) in [5.74, 6) is 1.11. The van der Waals surface area contributed by atoms with E-state index in [1.165, 1.54) is 12.8 Å². The summed E-state index contributed by atoms with van der Waals surface area (Å²) in [4.78, 5) is 4.27.